The van der Waals surface area contributed by atoms with Gasteiger partial charge in [-0.25, -0.2) is 0 Å². The van der Waals surface area contributed by atoms with Gasteiger partial charge in [-0.05, 0) is 60.6 Å². The summed E-state index contributed by atoms with van der Waals surface area (Å²) < 4.78 is 0.976. The number of thioether (sulfide) groups is 2. The average Bonchev–Trinajstić information content (AvgIpc) is 2.78. The lowest BCUT2D eigenvalue weighted by Gasteiger charge is -2.25. The van der Waals surface area contributed by atoms with E-state index < -0.39 is 0 Å². The topological polar surface area (TPSA) is 82.0 Å². The molecule has 0 aliphatic carbocycles. The van der Waals surface area contributed by atoms with Crippen LogP contribution in [0.5, 0.6) is 0 Å². The maximum absolute atomic E-state index is 12.7. The highest BCUT2D eigenvalue weighted by atomic mass is 79.9. The lowest BCUT2D eigenvalue weighted by Crippen LogP contribution is -2.31. The molecular formula is C24H24BrN3O2S2. The summed E-state index contributed by atoms with van der Waals surface area (Å²) in [6.07, 6.45) is 3.01. The Labute approximate surface area is 205 Å². The monoisotopic (exact) mass is 529 g/mol. The number of aryl methyl sites for hydroxylation is 2. The molecule has 0 bridgehead atoms. The summed E-state index contributed by atoms with van der Waals surface area (Å²) in [5.74, 6) is -0.545. The van der Waals surface area contributed by atoms with Crippen molar-refractivity contribution in [1.82, 2.24) is 5.32 Å². The Hall–Kier alpha value is -2.21. The second-order valence-electron chi connectivity index (χ2n) is 7.38. The van der Waals surface area contributed by atoms with Gasteiger partial charge in [0.15, 0.2) is 0 Å². The third kappa shape index (κ3) is 5.77. The fourth-order valence-electron chi connectivity index (χ4n) is 3.64. The molecule has 0 spiro atoms. The number of nitrogens with zero attached hydrogens (tertiary/aromatic N) is 1. The SMILES string of the molecule is CCc1cc(Br)cc(C)c1NC(=O)CSC1=C(C#N)[C@H](c2ccc(SC)cc2)CC(=O)N1. The zero-order chi connectivity index (χ0) is 23.3. The zero-order valence-electron chi connectivity index (χ0n) is 18.1. The molecule has 32 heavy (non-hydrogen) atoms. The van der Waals surface area contributed by atoms with Gasteiger partial charge in [-0.15, -0.1) is 11.8 Å². The van der Waals surface area contributed by atoms with Crippen LogP contribution < -0.4 is 10.6 Å². The number of hydrogen-bond donors (Lipinski definition) is 2. The average molecular weight is 531 g/mol. The Bertz CT molecular complexity index is 1110. The summed E-state index contributed by atoms with van der Waals surface area (Å²) in [6, 6.07) is 14.1. The minimum absolute atomic E-state index is 0.0948. The predicted molar refractivity (Wildman–Crippen MR) is 136 cm³/mol. The van der Waals surface area contributed by atoms with E-state index in [1.165, 1.54) is 11.8 Å². The van der Waals surface area contributed by atoms with E-state index in [1.807, 2.05) is 56.5 Å². The lowest BCUT2D eigenvalue weighted by molar-refractivity contribution is -0.121. The van der Waals surface area contributed by atoms with Crippen molar-refractivity contribution in [3.05, 3.63) is 68.2 Å². The second-order valence-corrected chi connectivity index (χ2v) is 10.2. The summed E-state index contributed by atoms with van der Waals surface area (Å²) in [5.41, 5.74) is 4.26. The molecule has 0 aromatic heterocycles. The summed E-state index contributed by atoms with van der Waals surface area (Å²) in [7, 11) is 0. The molecule has 1 aliphatic rings. The van der Waals surface area contributed by atoms with E-state index in [2.05, 4.69) is 32.6 Å². The molecule has 2 N–H and O–H groups in total. The molecule has 5 nitrogen and oxygen atoms in total. The van der Waals surface area contributed by atoms with Gasteiger partial charge in [0.05, 0.1) is 22.4 Å². The number of halogens is 1. The van der Waals surface area contributed by atoms with Gasteiger partial charge in [-0.2, -0.15) is 5.26 Å². The predicted octanol–water partition coefficient (Wildman–Crippen LogP) is 5.75. The Balaban J connectivity index is 1.77. The fourth-order valence-corrected chi connectivity index (χ4v) is 5.54. The van der Waals surface area contributed by atoms with Gasteiger partial charge in [-0.3, -0.25) is 9.59 Å². The quantitative estimate of drug-likeness (QED) is 0.446. The first-order valence-electron chi connectivity index (χ1n) is 10.2. The summed E-state index contributed by atoms with van der Waals surface area (Å²) in [5, 5.41) is 16.1. The standard InChI is InChI=1S/C24H24BrN3O2S2/c1-4-15-10-17(25)9-14(2)23(15)27-22(30)13-32-24-20(12-26)19(11-21(29)28-24)16-5-7-18(31-3)8-6-16/h5-10,19H,4,11,13H2,1-3H3,(H,27,30)(H,28,29)/t19-/m0/s1. The minimum Gasteiger partial charge on any atom is -0.325 e. The highest BCUT2D eigenvalue weighted by Crippen LogP contribution is 2.36. The number of benzene rings is 2. The molecule has 1 atom stereocenters. The van der Waals surface area contributed by atoms with Crippen molar-refractivity contribution in [2.45, 2.75) is 37.5 Å². The number of hydrogen-bond acceptors (Lipinski definition) is 5. The zero-order valence-corrected chi connectivity index (χ0v) is 21.3. The molecule has 2 amide bonds. The number of allylic oxidation sites excluding steroid dienone is 1. The van der Waals surface area contributed by atoms with Crippen LogP contribution in [0.1, 0.15) is 36.0 Å². The number of carbonyl (C=O) groups is 2. The van der Waals surface area contributed by atoms with Gasteiger partial charge in [0.2, 0.25) is 11.8 Å². The Morgan fingerprint density at radius 3 is 2.66 bits per heavy atom. The van der Waals surface area contributed by atoms with Gasteiger partial charge >= 0.3 is 0 Å². The van der Waals surface area contributed by atoms with Crippen molar-refractivity contribution in [3.63, 3.8) is 0 Å². The van der Waals surface area contributed by atoms with Crippen LogP contribution in [0.2, 0.25) is 0 Å². The lowest BCUT2D eigenvalue weighted by atomic mass is 9.87. The van der Waals surface area contributed by atoms with Crippen LogP contribution in [0.15, 0.2) is 56.4 Å². The fraction of sp³-hybridized carbons (Fsp3) is 0.292. The first-order chi connectivity index (χ1) is 15.4. The molecule has 8 heteroatoms. The minimum atomic E-state index is -0.310. The van der Waals surface area contributed by atoms with E-state index in [0.717, 1.165) is 38.2 Å². The molecule has 0 fully saturated rings. The van der Waals surface area contributed by atoms with Crippen LogP contribution in [0, 0.1) is 18.3 Å². The molecule has 0 radical (unpaired) electrons. The van der Waals surface area contributed by atoms with Gasteiger partial charge in [0.25, 0.3) is 0 Å². The molecule has 0 unspecified atom stereocenters. The molecule has 0 saturated carbocycles. The van der Waals surface area contributed by atoms with Gasteiger partial charge < -0.3 is 10.6 Å². The van der Waals surface area contributed by atoms with Crippen LogP contribution in [0.3, 0.4) is 0 Å². The highest BCUT2D eigenvalue weighted by Gasteiger charge is 2.30. The van der Waals surface area contributed by atoms with Gasteiger partial charge in [-0.1, -0.05) is 46.7 Å². The number of rotatable bonds is 7. The van der Waals surface area contributed by atoms with E-state index in [9.17, 15) is 14.9 Å². The third-order valence-electron chi connectivity index (χ3n) is 5.25. The van der Waals surface area contributed by atoms with Crippen LogP contribution in [0.25, 0.3) is 0 Å². The first kappa shape index (κ1) is 24.4. The first-order valence-corrected chi connectivity index (χ1v) is 13.2. The molecule has 1 heterocycles. The number of nitriles is 1. The molecule has 2 aromatic carbocycles. The molecule has 2 aromatic rings. The van der Waals surface area contributed by atoms with Crippen LogP contribution in [0.4, 0.5) is 5.69 Å². The normalized spacial score (nSPS) is 15.8. The maximum atomic E-state index is 12.7. The van der Waals surface area contributed by atoms with E-state index in [4.69, 9.17) is 0 Å². The van der Waals surface area contributed by atoms with Crippen LogP contribution in [-0.2, 0) is 16.0 Å². The van der Waals surface area contributed by atoms with E-state index >= 15 is 0 Å². The van der Waals surface area contributed by atoms with Crippen molar-refractivity contribution in [2.75, 3.05) is 17.3 Å². The van der Waals surface area contributed by atoms with Gasteiger partial charge in [0, 0.05) is 27.4 Å². The Kier molecular flexibility index (Phi) is 8.46. The number of anilines is 1. The van der Waals surface area contributed by atoms with E-state index in [-0.39, 0.29) is 29.9 Å². The molecular weight excluding hydrogens is 506 g/mol. The van der Waals surface area contributed by atoms with Crippen molar-refractivity contribution in [1.29, 1.82) is 5.26 Å². The Morgan fingerprint density at radius 1 is 1.31 bits per heavy atom. The third-order valence-corrected chi connectivity index (χ3v) is 7.47. The summed E-state index contributed by atoms with van der Waals surface area (Å²) in [6.45, 7) is 4.00. The Morgan fingerprint density at radius 2 is 2.03 bits per heavy atom. The summed E-state index contributed by atoms with van der Waals surface area (Å²) >= 11 is 6.32. The maximum Gasteiger partial charge on any atom is 0.234 e. The van der Waals surface area contributed by atoms with E-state index in [0.29, 0.717) is 10.6 Å². The molecule has 3 rings (SSSR count). The van der Waals surface area contributed by atoms with Crippen LogP contribution in [-0.4, -0.2) is 23.8 Å². The molecule has 166 valence electrons. The van der Waals surface area contributed by atoms with Crippen molar-refractivity contribution in [2.24, 2.45) is 0 Å². The smallest absolute Gasteiger partial charge is 0.234 e. The number of amides is 2. The number of nitrogens with one attached hydrogen (secondary N) is 2. The highest BCUT2D eigenvalue weighted by molar-refractivity contribution is 9.10. The summed E-state index contributed by atoms with van der Waals surface area (Å²) in [4.78, 5) is 26.2. The van der Waals surface area contributed by atoms with Crippen molar-refractivity contribution < 1.29 is 9.59 Å². The van der Waals surface area contributed by atoms with Gasteiger partial charge in [0.1, 0.15) is 0 Å². The number of carbonyl (C=O) groups excluding carboxylic acids is 2. The van der Waals surface area contributed by atoms with Crippen LogP contribution >= 0.6 is 39.5 Å². The molecule has 0 saturated heterocycles. The van der Waals surface area contributed by atoms with E-state index in [1.54, 1.807) is 11.8 Å². The second kappa shape index (κ2) is 11.1. The van der Waals surface area contributed by atoms with Crippen molar-refractivity contribution in [3.8, 4) is 6.07 Å². The molecule has 1 aliphatic heterocycles. The largest absolute Gasteiger partial charge is 0.325 e. The van der Waals surface area contributed by atoms with Crippen molar-refractivity contribution >= 4 is 57.0 Å².